The Labute approximate surface area is 130 Å². The second-order valence-corrected chi connectivity index (χ2v) is 6.40. The van der Waals surface area contributed by atoms with Gasteiger partial charge in [-0.1, -0.05) is 31.0 Å². The molecule has 108 valence electrons. The maximum Gasteiger partial charge on any atom is 0.125 e. The van der Waals surface area contributed by atoms with Crippen molar-refractivity contribution in [1.29, 1.82) is 0 Å². The number of para-hydroxylation sites is 1. The molecule has 1 aromatic heterocycles. The van der Waals surface area contributed by atoms with Gasteiger partial charge in [-0.05, 0) is 43.7 Å². The lowest BCUT2D eigenvalue weighted by atomic mass is 9.84. The fourth-order valence-corrected chi connectivity index (χ4v) is 3.84. The fourth-order valence-electron chi connectivity index (χ4n) is 3.44. The second kappa shape index (κ2) is 5.95. The highest BCUT2D eigenvalue weighted by Gasteiger charge is 2.25. The summed E-state index contributed by atoms with van der Waals surface area (Å²) in [7, 11) is 0. The minimum absolute atomic E-state index is 0.443. The first kappa shape index (κ1) is 14.2. The summed E-state index contributed by atoms with van der Waals surface area (Å²) in [5.41, 5.74) is 2.02. The number of imidazole rings is 1. The number of nitrogens with zero attached hydrogens (tertiary/aromatic N) is 2. The third kappa shape index (κ3) is 2.44. The van der Waals surface area contributed by atoms with Gasteiger partial charge in [0.25, 0.3) is 0 Å². The van der Waals surface area contributed by atoms with Crippen LogP contribution in [0.25, 0.3) is 11.0 Å². The third-order valence-corrected chi connectivity index (χ3v) is 5.17. The van der Waals surface area contributed by atoms with Crippen molar-refractivity contribution in [2.75, 3.05) is 0 Å². The summed E-state index contributed by atoms with van der Waals surface area (Å²) in [6, 6.07) is 6.53. The van der Waals surface area contributed by atoms with E-state index < -0.39 is 0 Å². The van der Waals surface area contributed by atoms with Gasteiger partial charge in [-0.3, -0.25) is 0 Å². The number of aromatic nitrogens is 2. The summed E-state index contributed by atoms with van der Waals surface area (Å²) in [5.74, 6) is 2.29. The van der Waals surface area contributed by atoms with E-state index in [1.165, 1.54) is 32.1 Å². The first-order valence-corrected chi connectivity index (χ1v) is 8.37. The van der Waals surface area contributed by atoms with Gasteiger partial charge in [0.2, 0.25) is 0 Å². The molecule has 0 N–H and O–H groups in total. The van der Waals surface area contributed by atoms with Crippen LogP contribution in [0, 0.1) is 5.92 Å². The molecule has 1 aliphatic carbocycles. The molecule has 2 aromatic rings. The van der Waals surface area contributed by atoms with E-state index in [1.807, 2.05) is 12.1 Å². The molecular weight excluding hydrogens is 291 g/mol. The summed E-state index contributed by atoms with van der Waals surface area (Å²) in [6.45, 7) is 2.29. The Morgan fingerprint density at radius 2 is 2.00 bits per heavy atom. The molecule has 0 bridgehead atoms. The van der Waals surface area contributed by atoms with Crippen LogP contribution in [-0.2, 0) is 5.88 Å². The van der Waals surface area contributed by atoms with Crippen LogP contribution in [0.5, 0.6) is 0 Å². The van der Waals surface area contributed by atoms with Crippen molar-refractivity contribution in [3.8, 4) is 0 Å². The maximum absolute atomic E-state index is 6.26. The zero-order valence-electron chi connectivity index (χ0n) is 11.8. The number of rotatable bonds is 3. The minimum atomic E-state index is 0.443. The molecule has 0 unspecified atom stereocenters. The Kier molecular flexibility index (Phi) is 4.23. The molecule has 1 fully saturated rings. The lowest BCUT2D eigenvalue weighted by Gasteiger charge is -2.30. The second-order valence-electron chi connectivity index (χ2n) is 5.72. The van der Waals surface area contributed by atoms with Gasteiger partial charge in [-0.2, -0.15) is 0 Å². The quantitative estimate of drug-likeness (QED) is 0.678. The van der Waals surface area contributed by atoms with Gasteiger partial charge in [0.05, 0.1) is 16.4 Å². The number of hydrogen-bond donors (Lipinski definition) is 0. The molecule has 2 nitrogen and oxygen atoms in total. The van der Waals surface area contributed by atoms with Crippen molar-refractivity contribution in [1.82, 2.24) is 9.55 Å². The molecule has 0 atom stereocenters. The lowest BCUT2D eigenvalue weighted by molar-refractivity contribution is 0.270. The number of halogens is 2. The molecule has 1 aliphatic rings. The van der Waals surface area contributed by atoms with Gasteiger partial charge < -0.3 is 4.57 Å². The van der Waals surface area contributed by atoms with E-state index in [9.17, 15) is 0 Å². The van der Waals surface area contributed by atoms with Gasteiger partial charge in [-0.15, -0.1) is 11.6 Å². The molecule has 1 aromatic carbocycles. The summed E-state index contributed by atoms with van der Waals surface area (Å²) >= 11 is 12.4. The molecule has 1 saturated carbocycles. The Morgan fingerprint density at radius 1 is 1.25 bits per heavy atom. The molecule has 0 aliphatic heterocycles. The van der Waals surface area contributed by atoms with Crippen LogP contribution < -0.4 is 0 Å². The number of hydrogen-bond acceptors (Lipinski definition) is 1. The summed E-state index contributed by atoms with van der Waals surface area (Å²) in [5, 5.41) is 0.717. The van der Waals surface area contributed by atoms with Crippen LogP contribution in [0.4, 0.5) is 0 Å². The molecule has 1 heterocycles. The van der Waals surface area contributed by atoms with Crippen LogP contribution >= 0.6 is 23.2 Å². The molecule has 0 spiro atoms. The van der Waals surface area contributed by atoms with Crippen LogP contribution in [0.15, 0.2) is 18.2 Å². The van der Waals surface area contributed by atoms with Crippen molar-refractivity contribution >= 4 is 34.2 Å². The number of fused-ring (bicyclic) bond motifs is 1. The summed E-state index contributed by atoms with van der Waals surface area (Å²) in [6.07, 6.45) is 6.36. The molecule has 20 heavy (non-hydrogen) atoms. The molecule has 0 saturated heterocycles. The topological polar surface area (TPSA) is 17.8 Å². The predicted molar refractivity (Wildman–Crippen MR) is 85.6 cm³/mol. The number of benzene rings is 1. The normalized spacial score (nSPS) is 23.4. The van der Waals surface area contributed by atoms with Crippen LogP contribution in [0.2, 0.25) is 5.02 Å². The first-order valence-electron chi connectivity index (χ1n) is 7.45. The van der Waals surface area contributed by atoms with Gasteiger partial charge in [0, 0.05) is 6.04 Å². The van der Waals surface area contributed by atoms with Crippen molar-refractivity contribution in [3.05, 3.63) is 29.0 Å². The van der Waals surface area contributed by atoms with Crippen LogP contribution in [0.3, 0.4) is 0 Å². The van der Waals surface area contributed by atoms with Gasteiger partial charge in [0.15, 0.2) is 0 Å². The van der Waals surface area contributed by atoms with E-state index in [0.29, 0.717) is 11.9 Å². The fraction of sp³-hybridized carbons (Fsp3) is 0.562. The van der Waals surface area contributed by atoms with E-state index >= 15 is 0 Å². The average molecular weight is 311 g/mol. The van der Waals surface area contributed by atoms with Gasteiger partial charge >= 0.3 is 0 Å². The summed E-state index contributed by atoms with van der Waals surface area (Å²) < 4.78 is 2.33. The zero-order valence-corrected chi connectivity index (χ0v) is 13.3. The standard InChI is InChI=1S/C16H20Cl2N2/c1-2-11-6-8-12(9-7-11)20-14-5-3-4-13(18)16(14)19-15(20)10-17/h3-5,11-12H,2,6-10H2,1H3. The largest absolute Gasteiger partial charge is 0.324 e. The van der Waals surface area contributed by atoms with E-state index in [0.717, 1.165) is 27.8 Å². The molecule has 0 amide bonds. The SMILES string of the molecule is CCC1CCC(n2c(CCl)nc3c(Cl)cccc32)CC1. The Bertz CT molecular complexity index is 598. The Hall–Kier alpha value is -0.730. The monoisotopic (exact) mass is 310 g/mol. The maximum atomic E-state index is 6.26. The predicted octanol–water partition coefficient (Wildman–Crippen LogP) is 5.57. The van der Waals surface area contributed by atoms with E-state index in [2.05, 4.69) is 22.5 Å². The van der Waals surface area contributed by atoms with E-state index in [1.54, 1.807) is 0 Å². The van der Waals surface area contributed by atoms with Crippen LogP contribution in [-0.4, -0.2) is 9.55 Å². The third-order valence-electron chi connectivity index (χ3n) is 4.62. The lowest BCUT2D eigenvalue weighted by Crippen LogP contribution is -2.19. The van der Waals surface area contributed by atoms with E-state index in [4.69, 9.17) is 23.2 Å². The van der Waals surface area contributed by atoms with Crippen molar-refractivity contribution in [2.24, 2.45) is 5.92 Å². The molecular formula is C16H20Cl2N2. The smallest absolute Gasteiger partial charge is 0.125 e. The molecule has 3 rings (SSSR count). The minimum Gasteiger partial charge on any atom is -0.324 e. The highest BCUT2D eigenvalue weighted by Crippen LogP contribution is 2.37. The summed E-state index contributed by atoms with van der Waals surface area (Å²) in [4.78, 5) is 4.64. The highest BCUT2D eigenvalue weighted by molar-refractivity contribution is 6.35. The van der Waals surface area contributed by atoms with Gasteiger partial charge in [-0.25, -0.2) is 4.98 Å². The Morgan fingerprint density at radius 3 is 2.65 bits per heavy atom. The van der Waals surface area contributed by atoms with Crippen molar-refractivity contribution in [2.45, 2.75) is 50.9 Å². The zero-order chi connectivity index (χ0) is 14.1. The molecule has 4 heteroatoms. The van der Waals surface area contributed by atoms with Crippen molar-refractivity contribution in [3.63, 3.8) is 0 Å². The van der Waals surface area contributed by atoms with Gasteiger partial charge in [0.1, 0.15) is 11.3 Å². The van der Waals surface area contributed by atoms with Crippen molar-refractivity contribution < 1.29 is 0 Å². The highest BCUT2D eigenvalue weighted by atomic mass is 35.5. The first-order chi connectivity index (χ1) is 9.74. The number of alkyl halides is 1. The Balaban J connectivity index is 2.00. The molecule has 0 radical (unpaired) electrons. The van der Waals surface area contributed by atoms with Crippen LogP contribution in [0.1, 0.15) is 50.9 Å². The van der Waals surface area contributed by atoms with E-state index in [-0.39, 0.29) is 0 Å². The average Bonchev–Trinajstić information content (AvgIpc) is 2.87.